The van der Waals surface area contributed by atoms with Crippen molar-refractivity contribution in [3.8, 4) is 5.69 Å². The van der Waals surface area contributed by atoms with E-state index in [9.17, 15) is 9.18 Å². The predicted molar refractivity (Wildman–Crippen MR) is 127 cm³/mol. The summed E-state index contributed by atoms with van der Waals surface area (Å²) in [6.45, 7) is 6.02. The van der Waals surface area contributed by atoms with E-state index < -0.39 is 0 Å². The molecule has 0 spiro atoms. The maximum atomic E-state index is 13.3. The Labute approximate surface area is 191 Å². The van der Waals surface area contributed by atoms with E-state index in [1.807, 2.05) is 39.2 Å². The van der Waals surface area contributed by atoms with Gasteiger partial charge in [0.05, 0.1) is 40.2 Å². The Hall–Kier alpha value is -3.26. The number of carbonyl (C=O) groups excluding carboxylic acids is 1. The fraction of sp³-hybridized carbons (Fsp3) is 0.250. The lowest BCUT2D eigenvalue weighted by molar-refractivity contribution is 0.0937. The zero-order valence-electron chi connectivity index (χ0n) is 18.5. The van der Waals surface area contributed by atoms with Crippen LogP contribution in [-0.4, -0.2) is 31.9 Å². The van der Waals surface area contributed by atoms with E-state index in [1.54, 1.807) is 53.4 Å². The molecule has 0 saturated carbocycles. The van der Waals surface area contributed by atoms with Crippen molar-refractivity contribution in [1.29, 1.82) is 0 Å². The third-order valence-electron chi connectivity index (χ3n) is 4.90. The van der Waals surface area contributed by atoms with Crippen LogP contribution in [0.2, 0.25) is 0 Å². The van der Waals surface area contributed by atoms with Gasteiger partial charge in [0.25, 0.3) is 5.91 Å². The Morgan fingerprint density at radius 3 is 2.59 bits per heavy atom. The number of carbonyl (C=O) groups is 1. The highest BCUT2D eigenvalue weighted by atomic mass is 32.2. The number of fused-ring (bicyclic) bond motifs is 1. The lowest BCUT2D eigenvalue weighted by Gasteiger charge is -2.18. The normalized spacial score (nSPS) is 11.5. The number of amides is 1. The van der Waals surface area contributed by atoms with Crippen molar-refractivity contribution in [2.45, 2.75) is 38.3 Å². The smallest absolute Gasteiger partial charge is 0.254 e. The standard InChI is InChI=1S/C22H20FN5OS.C2H6/c1-3-19(14-8-9-25-21(10-14)30-2)27-22(29)18-11-24-13-20-17(18)12-26-28(20)16-6-4-15(23)5-7-16;1-2/h4-13,19H,3H2,1-2H3,(H,27,29);1-2H3/t19-;/m0./s1. The van der Waals surface area contributed by atoms with Crippen LogP contribution in [-0.2, 0) is 0 Å². The van der Waals surface area contributed by atoms with E-state index in [4.69, 9.17) is 0 Å². The van der Waals surface area contributed by atoms with Gasteiger partial charge in [0.2, 0.25) is 0 Å². The maximum absolute atomic E-state index is 13.3. The van der Waals surface area contributed by atoms with Gasteiger partial charge in [0.15, 0.2) is 0 Å². The monoisotopic (exact) mass is 451 g/mol. The molecule has 4 aromatic rings. The summed E-state index contributed by atoms with van der Waals surface area (Å²) in [4.78, 5) is 21.6. The number of pyridine rings is 2. The Balaban J connectivity index is 0.00000141. The lowest BCUT2D eigenvalue weighted by Crippen LogP contribution is -2.28. The fourth-order valence-electron chi connectivity index (χ4n) is 3.32. The summed E-state index contributed by atoms with van der Waals surface area (Å²) in [7, 11) is 0. The molecule has 32 heavy (non-hydrogen) atoms. The van der Waals surface area contributed by atoms with Gasteiger partial charge in [0, 0.05) is 17.8 Å². The molecule has 8 heteroatoms. The zero-order valence-corrected chi connectivity index (χ0v) is 19.4. The molecular weight excluding hydrogens is 425 g/mol. The van der Waals surface area contributed by atoms with E-state index >= 15 is 0 Å². The van der Waals surface area contributed by atoms with Crippen molar-refractivity contribution in [2.24, 2.45) is 0 Å². The molecule has 0 unspecified atom stereocenters. The van der Waals surface area contributed by atoms with E-state index in [1.165, 1.54) is 12.1 Å². The Kier molecular flexibility index (Phi) is 7.94. The first-order chi connectivity index (χ1) is 15.6. The van der Waals surface area contributed by atoms with E-state index in [0.29, 0.717) is 22.2 Å². The first kappa shape index (κ1) is 23.4. The van der Waals surface area contributed by atoms with Crippen LogP contribution in [0.25, 0.3) is 16.6 Å². The first-order valence-electron chi connectivity index (χ1n) is 10.5. The molecule has 4 rings (SSSR count). The number of nitrogens with one attached hydrogen (secondary N) is 1. The minimum Gasteiger partial charge on any atom is -0.345 e. The molecule has 3 heterocycles. The minimum atomic E-state index is -0.320. The minimum absolute atomic E-state index is 0.145. The van der Waals surface area contributed by atoms with Gasteiger partial charge in [-0.1, -0.05) is 20.8 Å². The van der Waals surface area contributed by atoms with Gasteiger partial charge < -0.3 is 5.32 Å². The predicted octanol–water partition coefficient (Wildman–Crippen LogP) is 5.58. The molecule has 166 valence electrons. The van der Waals surface area contributed by atoms with Crippen LogP contribution in [0.1, 0.15) is 49.2 Å². The fourth-order valence-corrected chi connectivity index (χ4v) is 3.74. The molecule has 0 aliphatic carbocycles. The Morgan fingerprint density at radius 2 is 1.91 bits per heavy atom. The van der Waals surface area contributed by atoms with E-state index in [-0.39, 0.29) is 17.8 Å². The van der Waals surface area contributed by atoms with Gasteiger partial charge in [-0.05, 0) is 54.6 Å². The van der Waals surface area contributed by atoms with E-state index in [0.717, 1.165) is 17.0 Å². The van der Waals surface area contributed by atoms with Crippen molar-refractivity contribution >= 4 is 28.6 Å². The van der Waals surface area contributed by atoms with Crippen LogP contribution in [0.5, 0.6) is 0 Å². The molecule has 1 N–H and O–H groups in total. The molecule has 1 amide bonds. The maximum Gasteiger partial charge on any atom is 0.254 e. The van der Waals surface area contributed by atoms with Crippen LogP contribution < -0.4 is 5.32 Å². The van der Waals surface area contributed by atoms with Crippen molar-refractivity contribution in [1.82, 2.24) is 25.1 Å². The second kappa shape index (κ2) is 10.9. The van der Waals surface area contributed by atoms with Gasteiger partial charge in [-0.3, -0.25) is 9.78 Å². The van der Waals surface area contributed by atoms with E-state index in [2.05, 4.69) is 20.4 Å². The molecular formula is C24H26FN5OS. The second-order valence-corrected chi connectivity index (χ2v) is 7.55. The highest BCUT2D eigenvalue weighted by Crippen LogP contribution is 2.24. The molecule has 0 radical (unpaired) electrons. The SMILES string of the molecule is CC.CC[C@H](NC(=O)c1cncc2c1cnn2-c1ccc(F)cc1)c1ccnc(SC)c1. The molecule has 0 fully saturated rings. The summed E-state index contributed by atoms with van der Waals surface area (Å²) in [6, 6.07) is 9.77. The number of rotatable bonds is 6. The van der Waals surface area contributed by atoms with Crippen LogP contribution in [0.15, 0.2) is 66.2 Å². The number of hydrogen-bond donors (Lipinski definition) is 1. The van der Waals surface area contributed by atoms with Crippen LogP contribution in [0.4, 0.5) is 4.39 Å². The van der Waals surface area contributed by atoms with Crippen LogP contribution in [0, 0.1) is 5.82 Å². The summed E-state index contributed by atoms with van der Waals surface area (Å²) in [5.41, 5.74) is 2.82. The van der Waals surface area contributed by atoms with Gasteiger partial charge in [-0.2, -0.15) is 5.10 Å². The van der Waals surface area contributed by atoms with Gasteiger partial charge in [-0.25, -0.2) is 14.1 Å². The molecule has 3 aromatic heterocycles. The topological polar surface area (TPSA) is 72.7 Å². The van der Waals surface area contributed by atoms with Gasteiger partial charge in [0.1, 0.15) is 5.82 Å². The second-order valence-electron chi connectivity index (χ2n) is 6.72. The van der Waals surface area contributed by atoms with Crippen molar-refractivity contribution in [3.05, 3.63) is 78.1 Å². The Bertz CT molecular complexity index is 1190. The zero-order chi connectivity index (χ0) is 23.1. The summed E-state index contributed by atoms with van der Waals surface area (Å²) in [6.07, 6.45) is 9.28. The lowest BCUT2D eigenvalue weighted by atomic mass is 10.1. The average molecular weight is 452 g/mol. The molecule has 0 aliphatic heterocycles. The quantitative estimate of drug-likeness (QED) is 0.387. The number of aromatic nitrogens is 4. The van der Waals surface area contributed by atoms with Crippen molar-refractivity contribution in [2.75, 3.05) is 6.26 Å². The van der Waals surface area contributed by atoms with Gasteiger partial charge in [-0.15, -0.1) is 11.8 Å². The van der Waals surface area contributed by atoms with Crippen molar-refractivity contribution < 1.29 is 9.18 Å². The number of thioether (sulfide) groups is 1. The van der Waals surface area contributed by atoms with Crippen LogP contribution >= 0.6 is 11.8 Å². The number of benzene rings is 1. The highest BCUT2D eigenvalue weighted by Gasteiger charge is 2.19. The number of nitrogens with zero attached hydrogens (tertiary/aromatic N) is 4. The summed E-state index contributed by atoms with van der Waals surface area (Å²) < 4.78 is 14.9. The van der Waals surface area contributed by atoms with Crippen LogP contribution in [0.3, 0.4) is 0 Å². The molecule has 6 nitrogen and oxygen atoms in total. The highest BCUT2D eigenvalue weighted by molar-refractivity contribution is 7.98. The third-order valence-corrected chi connectivity index (χ3v) is 5.54. The summed E-state index contributed by atoms with van der Waals surface area (Å²) >= 11 is 1.56. The molecule has 0 bridgehead atoms. The molecule has 1 aromatic carbocycles. The molecule has 1 atom stereocenters. The third kappa shape index (κ3) is 4.96. The Morgan fingerprint density at radius 1 is 1.16 bits per heavy atom. The number of hydrogen-bond acceptors (Lipinski definition) is 5. The molecule has 0 aliphatic rings. The summed E-state index contributed by atoms with van der Waals surface area (Å²) in [5.74, 6) is -0.541. The largest absolute Gasteiger partial charge is 0.345 e. The summed E-state index contributed by atoms with van der Waals surface area (Å²) in [5, 5.41) is 9.07. The molecule has 0 saturated heterocycles. The first-order valence-corrected chi connectivity index (χ1v) is 11.7. The van der Waals surface area contributed by atoms with Crippen molar-refractivity contribution in [3.63, 3.8) is 0 Å². The number of halogens is 1. The average Bonchev–Trinajstić information content (AvgIpc) is 3.28. The van der Waals surface area contributed by atoms with Gasteiger partial charge >= 0.3 is 0 Å².